The Bertz CT molecular complexity index is 994. The molecule has 1 aromatic carbocycles. The number of carbonyl (C=O) groups is 3. The van der Waals surface area contributed by atoms with E-state index >= 15 is 0 Å². The number of nitrogens with one attached hydrogen (secondary N) is 1. The smallest absolute Gasteiger partial charge is 0.283 e. The summed E-state index contributed by atoms with van der Waals surface area (Å²) in [4.78, 5) is 45.3. The zero-order chi connectivity index (χ0) is 21.9. The first-order valence-corrected chi connectivity index (χ1v) is 10.3. The zero-order valence-corrected chi connectivity index (χ0v) is 17.2. The molecule has 3 amide bonds. The van der Waals surface area contributed by atoms with Crippen LogP contribution in [0.3, 0.4) is 0 Å². The highest BCUT2D eigenvalue weighted by atomic mass is 16.6. The summed E-state index contributed by atoms with van der Waals surface area (Å²) >= 11 is 0. The molecule has 0 spiro atoms. The molecule has 31 heavy (non-hydrogen) atoms. The van der Waals surface area contributed by atoms with Crippen molar-refractivity contribution in [2.45, 2.75) is 18.9 Å². The molecule has 10 heteroatoms. The van der Waals surface area contributed by atoms with Crippen molar-refractivity contribution < 1.29 is 28.7 Å². The number of oxime groups is 1. The van der Waals surface area contributed by atoms with Crippen LogP contribution in [-0.2, 0) is 25.6 Å². The Balaban J connectivity index is 1.33. The molecule has 3 N–H and O–H groups in total. The SMILES string of the molecule is COc1ccc(CCN2C(=O)[C@@H]3[C@H]4C[C@@H]([C@H]5ON=C(C(=O)NN)[C@@H]45)[C@H]3C2=O)cc1OC. The molecule has 2 aliphatic heterocycles. The first-order chi connectivity index (χ1) is 15.0. The van der Waals surface area contributed by atoms with Gasteiger partial charge >= 0.3 is 0 Å². The molecular formula is C21H24N4O6. The van der Waals surface area contributed by atoms with Gasteiger partial charge in [0.1, 0.15) is 6.10 Å². The van der Waals surface area contributed by atoms with Crippen LogP contribution in [0.4, 0.5) is 0 Å². The maximum Gasteiger partial charge on any atom is 0.283 e. The van der Waals surface area contributed by atoms with E-state index in [2.05, 4.69) is 10.6 Å². The van der Waals surface area contributed by atoms with Crippen LogP contribution in [0.1, 0.15) is 12.0 Å². The number of ether oxygens (including phenoxy) is 2. The average Bonchev–Trinajstić information content (AvgIpc) is 3.52. The number of carbonyl (C=O) groups excluding carboxylic acids is 3. The largest absolute Gasteiger partial charge is 0.493 e. The van der Waals surface area contributed by atoms with Crippen LogP contribution in [0.5, 0.6) is 11.5 Å². The van der Waals surface area contributed by atoms with Crippen molar-refractivity contribution in [2.24, 2.45) is 40.6 Å². The second-order valence-electron chi connectivity index (χ2n) is 8.43. The number of nitrogens with two attached hydrogens (primary N) is 1. The van der Waals surface area contributed by atoms with Gasteiger partial charge in [-0.1, -0.05) is 11.2 Å². The van der Waals surface area contributed by atoms with Crippen molar-refractivity contribution in [3.8, 4) is 11.5 Å². The fourth-order valence-corrected chi connectivity index (χ4v) is 5.95. The summed E-state index contributed by atoms with van der Waals surface area (Å²) in [7, 11) is 3.13. The first kappa shape index (κ1) is 19.8. The quantitative estimate of drug-likeness (QED) is 0.279. The fourth-order valence-electron chi connectivity index (χ4n) is 5.95. The Labute approximate surface area is 178 Å². The van der Waals surface area contributed by atoms with Gasteiger partial charge in [-0.3, -0.25) is 24.7 Å². The number of nitrogens with zero attached hydrogens (tertiary/aromatic N) is 2. The van der Waals surface area contributed by atoms with Crippen LogP contribution in [0, 0.1) is 29.6 Å². The fraction of sp³-hybridized carbons (Fsp3) is 0.524. The summed E-state index contributed by atoms with van der Waals surface area (Å²) in [5.74, 6) is 4.29. The highest BCUT2D eigenvalue weighted by molar-refractivity contribution is 6.40. The molecule has 4 aliphatic rings. The number of hydrazine groups is 1. The minimum atomic E-state index is -0.501. The monoisotopic (exact) mass is 428 g/mol. The molecule has 1 saturated heterocycles. The Morgan fingerprint density at radius 1 is 1.16 bits per heavy atom. The Morgan fingerprint density at radius 3 is 2.55 bits per heavy atom. The van der Waals surface area contributed by atoms with Crippen molar-refractivity contribution in [1.29, 1.82) is 0 Å². The average molecular weight is 428 g/mol. The van der Waals surface area contributed by atoms with Gasteiger partial charge in [0.15, 0.2) is 17.2 Å². The summed E-state index contributed by atoms with van der Waals surface area (Å²) in [6.45, 7) is 0.292. The van der Waals surface area contributed by atoms with E-state index in [1.807, 2.05) is 12.1 Å². The molecule has 1 aromatic rings. The second kappa shape index (κ2) is 7.23. The first-order valence-electron chi connectivity index (χ1n) is 10.3. The Kier molecular flexibility index (Phi) is 4.62. The molecule has 5 rings (SSSR count). The van der Waals surface area contributed by atoms with Crippen molar-refractivity contribution in [3.63, 3.8) is 0 Å². The standard InChI is InChI=1S/C21H24N4O6/c1-29-12-4-3-9(7-13(12)30-2)5-6-25-20(27)14-10-8-11(15(14)21(25)28)18-16(10)17(24-31-18)19(26)23-22/h3-4,7,10-11,14-16,18H,5-6,8,22H2,1-2H3,(H,23,26)/t10-,11-,14-,15-,16-,18-/m1/s1. The predicted molar refractivity (Wildman–Crippen MR) is 107 cm³/mol. The van der Waals surface area contributed by atoms with Crippen molar-refractivity contribution >= 4 is 23.4 Å². The minimum absolute atomic E-state index is 0.116. The summed E-state index contributed by atoms with van der Waals surface area (Å²) < 4.78 is 10.6. The second-order valence-corrected chi connectivity index (χ2v) is 8.43. The number of hydrogen-bond donors (Lipinski definition) is 2. The van der Waals surface area contributed by atoms with Gasteiger partial charge in [-0.25, -0.2) is 5.84 Å². The summed E-state index contributed by atoms with van der Waals surface area (Å²) in [6, 6.07) is 5.54. The zero-order valence-electron chi connectivity index (χ0n) is 17.2. The molecule has 6 atom stereocenters. The van der Waals surface area contributed by atoms with Gasteiger partial charge in [0.25, 0.3) is 5.91 Å². The number of hydrogen-bond acceptors (Lipinski definition) is 8. The molecule has 0 aromatic heterocycles. The van der Waals surface area contributed by atoms with Gasteiger partial charge in [-0.05, 0) is 36.5 Å². The summed E-state index contributed by atoms with van der Waals surface area (Å²) in [5.41, 5.74) is 3.25. The van der Waals surface area contributed by atoms with E-state index in [1.165, 1.54) is 4.90 Å². The van der Waals surface area contributed by atoms with E-state index in [4.69, 9.17) is 20.2 Å². The van der Waals surface area contributed by atoms with E-state index < -0.39 is 17.7 Å². The van der Waals surface area contributed by atoms with Gasteiger partial charge in [-0.2, -0.15) is 0 Å². The third kappa shape index (κ3) is 2.74. The maximum absolute atomic E-state index is 13.2. The van der Waals surface area contributed by atoms with Crippen molar-refractivity contribution in [3.05, 3.63) is 23.8 Å². The van der Waals surface area contributed by atoms with E-state index in [0.29, 0.717) is 30.9 Å². The third-order valence-corrected chi connectivity index (χ3v) is 7.22. The van der Waals surface area contributed by atoms with Crippen molar-refractivity contribution in [1.82, 2.24) is 10.3 Å². The molecule has 2 aliphatic carbocycles. The molecule has 2 heterocycles. The molecule has 164 valence electrons. The van der Waals surface area contributed by atoms with Crippen molar-refractivity contribution in [2.75, 3.05) is 20.8 Å². The van der Waals surface area contributed by atoms with E-state index in [-0.39, 0.29) is 41.4 Å². The van der Waals surface area contributed by atoms with Crippen LogP contribution >= 0.6 is 0 Å². The topological polar surface area (TPSA) is 133 Å². The van der Waals surface area contributed by atoms with Crippen LogP contribution < -0.4 is 20.7 Å². The number of imide groups is 1. The number of methoxy groups -OCH3 is 2. The molecule has 2 saturated carbocycles. The van der Waals surface area contributed by atoms with Gasteiger partial charge in [-0.15, -0.1) is 0 Å². The predicted octanol–water partition coefficient (Wildman–Crippen LogP) is -0.142. The van der Waals surface area contributed by atoms with Crippen LogP contribution in [0.2, 0.25) is 0 Å². The normalized spacial score (nSPS) is 32.5. The minimum Gasteiger partial charge on any atom is -0.493 e. The van der Waals surface area contributed by atoms with Gasteiger partial charge in [0, 0.05) is 12.5 Å². The molecule has 10 nitrogen and oxygen atoms in total. The lowest BCUT2D eigenvalue weighted by molar-refractivity contribution is -0.141. The van der Waals surface area contributed by atoms with E-state index in [0.717, 1.165) is 5.56 Å². The van der Waals surface area contributed by atoms with E-state index in [1.54, 1.807) is 20.3 Å². The van der Waals surface area contributed by atoms with Crippen LogP contribution in [0.15, 0.2) is 23.4 Å². The van der Waals surface area contributed by atoms with Crippen LogP contribution in [0.25, 0.3) is 0 Å². The molecule has 0 unspecified atom stereocenters. The van der Waals surface area contributed by atoms with Gasteiger partial charge < -0.3 is 14.3 Å². The molecule has 3 fully saturated rings. The van der Waals surface area contributed by atoms with E-state index in [9.17, 15) is 14.4 Å². The lowest BCUT2D eigenvalue weighted by atomic mass is 9.72. The van der Waals surface area contributed by atoms with Crippen LogP contribution in [-0.4, -0.2) is 55.2 Å². The number of fused-ring (bicyclic) bond motifs is 8. The number of rotatable bonds is 6. The summed E-state index contributed by atoms with van der Waals surface area (Å²) in [6.07, 6.45) is 0.849. The Hall–Kier alpha value is -3.14. The highest BCUT2D eigenvalue weighted by Gasteiger charge is 2.70. The highest BCUT2D eigenvalue weighted by Crippen LogP contribution is 2.61. The van der Waals surface area contributed by atoms with Gasteiger partial charge in [0.2, 0.25) is 11.8 Å². The number of amides is 3. The number of likely N-dealkylation sites (tertiary alicyclic amines) is 1. The lowest BCUT2D eigenvalue weighted by Crippen LogP contribution is -2.46. The summed E-state index contributed by atoms with van der Waals surface area (Å²) in [5, 5.41) is 3.90. The Morgan fingerprint density at radius 2 is 1.87 bits per heavy atom. The van der Waals surface area contributed by atoms with Gasteiger partial charge in [0.05, 0.1) is 32.0 Å². The maximum atomic E-state index is 13.2. The third-order valence-electron chi connectivity index (χ3n) is 7.22. The molecule has 0 radical (unpaired) electrons. The lowest BCUT2D eigenvalue weighted by Gasteiger charge is -2.29. The molecular weight excluding hydrogens is 404 g/mol. The number of benzene rings is 1. The molecule has 2 bridgehead atoms.